The number of carbonyl (C=O) groups is 1. The molecular weight excluding hydrogens is 335 g/mol. The summed E-state index contributed by atoms with van der Waals surface area (Å²) in [7, 11) is 0. The molecule has 0 unspecified atom stereocenters. The predicted molar refractivity (Wildman–Crippen MR) is 96.2 cm³/mol. The van der Waals surface area contributed by atoms with Gasteiger partial charge >= 0.3 is 0 Å². The molecule has 0 amide bonds. The van der Waals surface area contributed by atoms with Gasteiger partial charge in [-0.1, -0.05) is 31.9 Å². The van der Waals surface area contributed by atoms with Gasteiger partial charge in [-0.15, -0.1) is 5.10 Å². The van der Waals surface area contributed by atoms with Crippen molar-refractivity contribution in [3.63, 3.8) is 0 Å². The highest BCUT2D eigenvalue weighted by Gasteiger charge is 2.18. The molecule has 0 fully saturated rings. The maximum absolute atomic E-state index is 13.0. The summed E-state index contributed by atoms with van der Waals surface area (Å²) in [5.41, 5.74) is 0.874. The van der Waals surface area contributed by atoms with E-state index in [1.165, 1.54) is 23.1 Å². The number of nitrogens with one attached hydrogen (secondary N) is 1. The van der Waals surface area contributed by atoms with Crippen molar-refractivity contribution >= 4 is 11.9 Å². The summed E-state index contributed by atoms with van der Waals surface area (Å²) in [6.07, 6.45) is 4.77. The first-order valence-corrected chi connectivity index (χ1v) is 8.70. The summed E-state index contributed by atoms with van der Waals surface area (Å²) in [6.45, 7) is 2.49. The lowest BCUT2D eigenvalue weighted by Crippen LogP contribution is -2.16. The van der Waals surface area contributed by atoms with Crippen LogP contribution in [0.5, 0.6) is 0 Å². The molecule has 0 spiro atoms. The summed E-state index contributed by atoms with van der Waals surface area (Å²) in [6, 6.07) is 9.63. The van der Waals surface area contributed by atoms with Crippen LogP contribution in [0.1, 0.15) is 43.0 Å². The van der Waals surface area contributed by atoms with Crippen LogP contribution in [0, 0.1) is 5.82 Å². The largest absolute Gasteiger partial charge is 0.461 e. The molecule has 26 heavy (non-hydrogen) atoms. The van der Waals surface area contributed by atoms with E-state index in [0.717, 1.165) is 24.8 Å². The van der Waals surface area contributed by atoms with E-state index in [-0.39, 0.29) is 11.7 Å². The monoisotopic (exact) mass is 356 g/mol. The molecule has 0 aliphatic carbocycles. The van der Waals surface area contributed by atoms with Crippen LogP contribution in [-0.2, 0) is 6.54 Å². The van der Waals surface area contributed by atoms with Crippen LogP contribution in [0.4, 0.5) is 10.3 Å². The number of anilines is 1. The van der Waals surface area contributed by atoms with E-state index in [1.54, 1.807) is 24.3 Å². The Bertz CT molecular complexity index is 841. The Hall–Kier alpha value is -2.96. The number of aromatic nitrogens is 3. The Morgan fingerprint density at radius 3 is 2.73 bits per heavy atom. The van der Waals surface area contributed by atoms with Gasteiger partial charge in [0, 0.05) is 13.0 Å². The highest BCUT2D eigenvalue weighted by atomic mass is 19.1. The fraction of sp³-hybridized carbons (Fsp3) is 0.316. The van der Waals surface area contributed by atoms with Crippen molar-refractivity contribution in [3.05, 3.63) is 54.0 Å². The second kappa shape index (κ2) is 8.42. The minimum absolute atomic E-state index is 0.120. The molecule has 1 aromatic carbocycles. The molecule has 3 rings (SSSR count). The zero-order chi connectivity index (χ0) is 18.4. The SMILES string of the molecule is CCCCCC(=O)n1nc(-c2ccco2)nc1NCc1ccc(F)cc1. The van der Waals surface area contributed by atoms with Gasteiger partial charge in [-0.3, -0.25) is 4.79 Å². The molecular formula is C19H21FN4O2. The van der Waals surface area contributed by atoms with Gasteiger partial charge in [0.25, 0.3) is 0 Å². The maximum atomic E-state index is 13.0. The van der Waals surface area contributed by atoms with E-state index in [1.807, 2.05) is 0 Å². The van der Waals surface area contributed by atoms with Gasteiger partial charge in [0.15, 0.2) is 5.76 Å². The van der Waals surface area contributed by atoms with E-state index < -0.39 is 0 Å². The predicted octanol–water partition coefficient (Wildman–Crippen LogP) is 4.51. The van der Waals surface area contributed by atoms with Gasteiger partial charge in [-0.25, -0.2) is 4.39 Å². The molecule has 0 bridgehead atoms. The average molecular weight is 356 g/mol. The Morgan fingerprint density at radius 2 is 2.04 bits per heavy atom. The van der Waals surface area contributed by atoms with Crippen molar-refractivity contribution in [2.45, 2.75) is 39.2 Å². The lowest BCUT2D eigenvalue weighted by atomic mass is 10.2. The van der Waals surface area contributed by atoms with Gasteiger partial charge < -0.3 is 9.73 Å². The molecule has 0 aliphatic rings. The molecule has 136 valence electrons. The summed E-state index contributed by atoms with van der Waals surface area (Å²) >= 11 is 0. The normalized spacial score (nSPS) is 10.8. The summed E-state index contributed by atoms with van der Waals surface area (Å²) < 4.78 is 19.6. The van der Waals surface area contributed by atoms with E-state index in [0.29, 0.717) is 30.5 Å². The molecule has 2 aromatic heterocycles. The molecule has 1 N–H and O–H groups in total. The Morgan fingerprint density at radius 1 is 1.23 bits per heavy atom. The number of carbonyl (C=O) groups excluding carboxylic acids is 1. The minimum Gasteiger partial charge on any atom is -0.461 e. The van der Waals surface area contributed by atoms with Crippen molar-refractivity contribution in [3.8, 4) is 11.6 Å². The Labute approximate surface area is 151 Å². The van der Waals surface area contributed by atoms with Crippen molar-refractivity contribution in [2.75, 3.05) is 5.32 Å². The van der Waals surface area contributed by atoms with Crippen LogP contribution in [0.15, 0.2) is 47.1 Å². The van der Waals surface area contributed by atoms with Crippen molar-refractivity contribution < 1.29 is 13.6 Å². The van der Waals surface area contributed by atoms with Gasteiger partial charge in [0.1, 0.15) is 5.82 Å². The third kappa shape index (κ3) is 4.36. The molecule has 3 aromatic rings. The molecule has 0 aliphatic heterocycles. The van der Waals surface area contributed by atoms with E-state index in [2.05, 4.69) is 22.3 Å². The maximum Gasteiger partial charge on any atom is 0.250 e. The third-order valence-electron chi connectivity index (χ3n) is 3.94. The number of hydrogen-bond acceptors (Lipinski definition) is 5. The van der Waals surface area contributed by atoms with Crippen LogP contribution in [-0.4, -0.2) is 20.7 Å². The molecule has 6 nitrogen and oxygen atoms in total. The van der Waals surface area contributed by atoms with E-state index in [4.69, 9.17) is 4.42 Å². The number of nitrogens with zero attached hydrogens (tertiary/aromatic N) is 3. The van der Waals surface area contributed by atoms with Crippen LogP contribution in [0.2, 0.25) is 0 Å². The van der Waals surface area contributed by atoms with Crippen LogP contribution >= 0.6 is 0 Å². The van der Waals surface area contributed by atoms with Crippen LogP contribution in [0.3, 0.4) is 0 Å². The first-order valence-electron chi connectivity index (χ1n) is 8.70. The average Bonchev–Trinajstić information content (AvgIpc) is 3.31. The fourth-order valence-corrected chi connectivity index (χ4v) is 2.53. The number of furan rings is 1. The smallest absolute Gasteiger partial charge is 0.250 e. The summed E-state index contributed by atoms with van der Waals surface area (Å²) in [5.74, 6) is 0.783. The second-order valence-electron chi connectivity index (χ2n) is 5.98. The van der Waals surface area contributed by atoms with Gasteiger partial charge in [-0.2, -0.15) is 9.67 Å². The zero-order valence-electron chi connectivity index (χ0n) is 14.6. The zero-order valence-corrected chi connectivity index (χ0v) is 14.6. The van der Waals surface area contributed by atoms with Gasteiger partial charge in [0.2, 0.25) is 17.7 Å². The molecule has 0 saturated carbocycles. The minimum atomic E-state index is -0.289. The number of rotatable bonds is 8. The van der Waals surface area contributed by atoms with Crippen molar-refractivity contribution in [2.24, 2.45) is 0 Å². The van der Waals surface area contributed by atoms with Crippen LogP contribution in [0.25, 0.3) is 11.6 Å². The lowest BCUT2D eigenvalue weighted by Gasteiger charge is -2.07. The molecule has 0 saturated heterocycles. The topological polar surface area (TPSA) is 73.0 Å². The summed E-state index contributed by atoms with van der Waals surface area (Å²) in [5, 5.41) is 7.40. The number of halogens is 1. The first kappa shape index (κ1) is 17.8. The number of hydrogen-bond donors (Lipinski definition) is 1. The van der Waals surface area contributed by atoms with Gasteiger partial charge in [-0.05, 0) is 36.2 Å². The number of benzene rings is 1. The standard InChI is InChI=1S/C19H21FN4O2/c1-2-3-4-7-17(25)24-19(21-13-14-8-10-15(20)11-9-14)22-18(23-24)16-6-5-12-26-16/h5-6,8-12H,2-4,7,13H2,1H3,(H,21,22,23). The second-order valence-corrected chi connectivity index (χ2v) is 5.98. The number of unbranched alkanes of at least 4 members (excludes halogenated alkanes) is 2. The highest BCUT2D eigenvalue weighted by molar-refractivity contribution is 5.81. The van der Waals surface area contributed by atoms with Gasteiger partial charge in [0.05, 0.1) is 6.26 Å². The Kier molecular flexibility index (Phi) is 5.78. The fourth-order valence-electron chi connectivity index (χ4n) is 2.53. The highest BCUT2D eigenvalue weighted by Crippen LogP contribution is 2.19. The molecule has 2 heterocycles. The Balaban J connectivity index is 1.79. The first-order chi connectivity index (χ1) is 12.7. The molecule has 0 radical (unpaired) electrons. The molecule has 0 atom stereocenters. The molecule has 7 heteroatoms. The van der Waals surface area contributed by atoms with Crippen molar-refractivity contribution in [1.82, 2.24) is 14.8 Å². The van der Waals surface area contributed by atoms with Crippen molar-refractivity contribution in [1.29, 1.82) is 0 Å². The van der Waals surface area contributed by atoms with E-state index in [9.17, 15) is 9.18 Å². The third-order valence-corrected chi connectivity index (χ3v) is 3.94. The van der Waals surface area contributed by atoms with E-state index >= 15 is 0 Å². The quantitative estimate of drug-likeness (QED) is 0.601. The summed E-state index contributed by atoms with van der Waals surface area (Å²) in [4.78, 5) is 16.9. The van der Waals surface area contributed by atoms with Crippen LogP contribution < -0.4 is 5.32 Å². The lowest BCUT2D eigenvalue weighted by molar-refractivity contribution is 0.0886.